The monoisotopic (exact) mass is 214 g/mol. The van der Waals surface area contributed by atoms with Gasteiger partial charge in [0.15, 0.2) is 0 Å². The van der Waals surface area contributed by atoms with E-state index in [0.717, 1.165) is 39.0 Å². The molecule has 1 aliphatic rings. The summed E-state index contributed by atoms with van der Waals surface area (Å²) in [5.74, 6) is 0.667. The number of hydrogen-bond donors (Lipinski definition) is 2. The number of amides is 1. The molecule has 1 rings (SSSR count). The Kier molecular flexibility index (Phi) is 5.05. The van der Waals surface area contributed by atoms with Crippen LogP contribution in [0.3, 0.4) is 0 Å². The van der Waals surface area contributed by atoms with Crippen molar-refractivity contribution < 1.29 is 9.90 Å². The van der Waals surface area contributed by atoms with Crippen LogP contribution in [0.5, 0.6) is 0 Å². The van der Waals surface area contributed by atoms with Crippen LogP contribution in [-0.2, 0) is 4.79 Å². The lowest BCUT2D eigenvalue weighted by Gasteiger charge is -2.32. The third-order valence-corrected chi connectivity index (χ3v) is 2.87. The number of hydrogen-bond acceptors (Lipinski definition) is 3. The summed E-state index contributed by atoms with van der Waals surface area (Å²) in [5, 5.41) is 12.1. The minimum Gasteiger partial charge on any atom is -0.392 e. The van der Waals surface area contributed by atoms with Gasteiger partial charge in [0.05, 0.1) is 6.10 Å². The van der Waals surface area contributed by atoms with Crippen molar-refractivity contribution in [1.29, 1.82) is 0 Å². The van der Waals surface area contributed by atoms with Gasteiger partial charge in [-0.05, 0) is 38.8 Å². The van der Waals surface area contributed by atoms with Gasteiger partial charge in [0.25, 0.3) is 0 Å². The van der Waals surface area contributed by atoms with Crippen molar-refractivity contribution in [3.05, 3.63) is 0 Å². The molecule has 1 amide bonds. The molecule has 4 heteroatoms. The van der Waals surface area contributed by atoms with Crippen molar-refractivity contribution in [1.82, 2.24) is 10.2 Å². The highest BCUT2D eigenvalue weighted by atomic mass is 16.3. The van der Waals surface area contributed by atoms with Crippen molar-refractivity contribution in [2.45, 2.75) is 32.8 Å². The van der Waals surface area contributed by atoms with Gasteiger partial charge in [-0.3, -0.25) is 4.79 Å². The molecule has 0 aliphatic carbocycles. The fraction of sp³-hybridized carbons (Fsp3) is 0.909. The van der Waals surface area contributed by atoms with E-state index in [1.807, 2.05) is 6.92 Å². The molecule has 1 heterocycles. The van der Waals surface area contributed by atoms with E-state index < -0.39 is 0 Å². The third kappa shape index (κ3) is 5.14. The Hall–Kier alpha value is -0.610. The van der Waals surface area contributed by atoms with Crippen LogP contribution in [0.1, 0.15) is 26.7 Å². The number of aliphatic hydroxyl groups is 1. The molecule has 2 N–H and O–H groups in total. The Balaban J connectivity index is 2.15. The van der Waals surface area contributed by atoms with Gasteiger partial charge in [-0.1, -0.05) is 0 Å². The highest BCUT2D eigenvalue weighted by Gasteiger charge is 2.19. The molecule has 0 spiro atoms. The van der Waals surface area contributed by atoms with Crippen LogP contribution in [0.4, 0.5) is 0 Å². The second kappa shape index (κ2) is 6.08. The summed E-state index contributed by atoms with van der Waals surface area (Å²) >= 11 is 0. The smallest absolute Gasteiger partial charge is 0.216 e. The quantitative estimate of drug-likeness (QED) is 0.703. The summed E-state index contributed by atoms with van der Waals surface area (Å²) in [5.41, 5.74) is 0. The maximum absolute atomic E-state index is 10.7. The van der Waals surface area contributed by atoms with Crippen molar-refractivity contribution in [3.63, 3.8) is 0 Å². The van der Waals surface area contributed by atoms with Crippen LogP contribution in [0, 0.1) is 5.92 Å². The number of nitrogens with zero attached hydrogens (tertiary/aromatic N) is 1. The molecule has 1 atom stereocenters. The van der Waals surface area contributed by atoms with Crippen LogP contribution in [0.2, 0.25) is 0 Å². The Bertz CT molecular complexity index is 199. The fourth-order valence-corrected chi connectivity index (χ4v) is 2.03. The van der Waals surface area contributed by atoms with E-state index in [1.54, 1.807) is 6.92 Å². The fourth-order valence-electron chi connectivity index (χ4n) is 2.03. The normalized spacial score (nSPS) is 21.3. The van der Waals surface area contributed by atoms with E-state index in [2.05, 4.69) is 10.2 Å². The van der Waals surface area contributed by atoms with Crippen LogP contribution in [0.25, 0.3) is 0 Å². The van der Waals surface area contributed by atoms with E-state index in [9.17, 15) is 9.90 Å². The molecule has 0 radical (unpaired) electrons. The predicted octanol–water partition coefficient (Wildman–Crippen LogP) is 0.215. The molecular weight excluding hydrogens is 192 g/mol. The van der Waals surface area contributed by atoms with Gasteiger partial charge < -0.3 is 15.3 Å². The minimum absolute atomic E-state index is 0.0569. The van der Waals surface area contributed by atoms with Crippen LogP contribution >= 0.6 is 0 Å². The summed E-state index contributed by atoms with van der Waals surface area (Å²) in [7, 11) is 0. The standard InChI is InChI=1S/C11H22N2O2/c1-9(14)8-13-5-3-11(4-6-13)7-12-10(2)15/h9,11,14H,3-8H2,1-2H3,(H,12,15)/t9-/m0/s1. The van der Waals surface area contributed by atoms with E-state index in [4.69, 9.17) is 0 Å². The van der Waals surface area contributed by atoms with Gasteiger partial charge in [0.2, 0.25) is 5.91 Å². The first kappa shape index (κ1) is 12.5. The topological polar surface area (TPSA) is 52.6 Å². The first-order chi connectivity index (χ1) is 7.08. The lowest BCUT2D eigenvalue weighted by atomic mass is 9.96. The first-order valence-corrected chi connectivity index (χ1v) is 5.72. The van der Waals surface area contributed by atoms with Crippen LogP contribution in [0.15, 0.2) is 0 Å². The Morgan fingerprint density at radius 1 is 1.53 bits per heavy atom. The number of nitrogens with one attached hydrogen (secondary N) is 1. The summed E-state index contributed by atoms with van der Waals surface area (Å²) in [6, 6.07) is 0. The van der Waals surface area contributed by atoms with Gasteiger partial charge >= 0.3 is 0 Å². The predicted molar refractivity (Wildman–Crippen MR) is 59.5 cm³/mol. The zero-order valence-corrected chi connectivity index (χ0v) is 9.70. The van der Waals surface area contributed by atoms with Crippen molar-refractivity contribution >= 4 is 5.91 Å². The molecular formula is C11H22N2O2. The largest absolute Gasteiger partial charge is 0.392 e. The maximum Gasteiger partial charge on any atom is 0.216 e. The second-order valence-electron chi connectivity index (χ2n) is 4.53. The van der Waals surface area contributed by atoms with Crippen molar-refractivity contribution in [3.8, 4) is 0 Å². The molecule has 15 heavy (non-hydrogen) atoms. The molecule has 0 bridgehead atoms. The maximum atomic E-state index is 10.7. The van der Waals surface area contributed by atoms with Gasteiger partial charge in [-0.2, -0.15) is 0 Å². The average molecular weight is 214 g/mol. The van der Waals surface area contributed by atoms with Gasteiger partial charge in [-0.15, -0.1) is 0 Å². The number of β-amino-alcohol motifs (C(OH)–C–C–N with tert-alkyl or cyclic N) is 1. The molecule has 0 aromatic rings. The number of carbonyl (C=O) groups is 1. The number of aliphatic hydroxyl groups excluding tert-OH is 1. The number of piperidine rings is 1. The lowest BCUT2D eigenvalue weighted by Crippen LogP contribution is -2.40. The third-order valence-electron chi connectivity index (χ3n) is 2.87. The Labute approximate surface area is 91.6 Å². The molecule has 0 unspecified atom stereocenters. The molecule has 0 saturated carbocycles. The minimum atomic E-state index is -0.239. The van der Waals surface area contributed by atoms with Crippen LogP contribution in [-0.4, -0.2) is 48.2 Å². The molecule has 0 aromatic carbocycles. The van der Waals surface area contributed by atoms with Gasteiger partial charge in [0.1, 0.15) is 0 Å². The zero-order valence-electron chi connectivity index (χ0n) is 9.70. The lowest BCUT2D eigenvalue weighted by molar-refractivity contribution is -0.119. The summed E-state index contributed by atoms with van der Waals surface area (Å²) < 4.78 is 0. The van der Waals surface area contributed by atoms with E-state index >= 15 is 0 Å². The summed E-state index contributed by atoms with van der Waals surface area (Å²) in [6.45, 7) is 7.03. The summed E-state index contributed by atoms with van der Waals surface area (Å²) in [4.78, 5) is 13.0. The number of likely N-dealkylation sites (tertiary alicyclic amines) is 1. The van der Waals surface area contributed by atoms with Gasteiger partial charge in [-0.25, -0.2) is 0 Å². The van der Waals surface area contributed by atoms with Crippen LogP contribution < -0.4 is 5.32 Å². The van der Waals surface area contributed by atoms with E-state index in [0.29, 0.717) is 5.92 Å². The first-order valence-electron chi connectivity index (χ1n) is 5.72. The van der Waals surface area contributed by atoms with E-state index in [1.165, 1.54) is 0 Å². The van der Waals surface area contributed by atoms with Gasteiger partial charge in [0, 0.05) is 20.0 Å². The number of carbonyl (C=O) groups excluding carboxylic acids is 1. The van der Waals surface area contributed by atoms with Crippen molar-refractivity contribution in [2.75, 3.05) is 26.2 Å². The SMILES string of the molecule is CC(=O)NCC1CCN(C[C@H](C)O)CC1. The molecule has 88 valence electrons. The summed E-state index contributed by atoms with van der Waals surface area (Å²) in [6.07, 6.45) is 2.00. The Morgan fingerprint density at radius 3 is 2.60 bits per heavy atom. The molecule has 4 nitrogen and oxygen atoms in total. The Morgan fingerprint density at radius 2 is 2.13 bits per heavy atom. The van der Waals surface area contributed by atoms with Crippen molar-refractivity contribution in [2.24, 2.45) is 5.92 Å². The molecule has 1 saturated heterocycles. The second-order valence-corrected chi connectivity index (χ2v) is 4.53. The highest BCUT2D eigenvalue weighted by molar-refractivity contribution is 5.72. The molecule has 1 fully saturated rings. The zero-order chi connectivity index (χ0) is 11.3. The number of rotatable bonds is 4. The average Bonchev–Trinajstić information content (AvgIpc) is 2.16. The molecule has 1 aliphatic heterocycles. The van der Waals surface area contributed by atoms with E-state index in [-0.39, 0.29) is 12.0 Å². The highest BCUT2D eigenvalue weighted by Crippen LogP contribution is 2.16. The molecule has 0 aromatic heterocycles.